The molecule has 1 saturated heterocycles. The molecule has 0 aromatic rings. The Morgan fingerprint density at radius 3 is 2.67 bits per heavy atom. The lowest BCUT2D eigenvalue weighted by molar-refractivity contribution is -0.120. The first-order valence-corrected chi connectivity index (χ1v) is 7.88. The molecule has 0 saturated carbocycles. The van der Waals surface area contributed by atoms with E-state index in [0.717, 1.165) is 13.1 Å². The van der Waals surface area contributed by atoms with Crippen LogP contribution in [-0.2, 0) is 19.4 Å². The minimum absolute atomic E-state index is 0.0899. The van der Waals surface area contributed by atoms with Crippen LogP contribution in [0.5, 0.6) is 0 Å². The molecule has 1 heterocycles. The molecule has 2 N–H and O–H groups in total. The van der Waals surface area contributed by atoms with Gasteiger partial charge in [-0.3, -0.25) is 4.79 Å². The largest absolute Gasteiger partial charge is 0.385 e. The third-order valence-electron chi connectivity index (χ3n) is 3.07. The quantitative estimate of drug-likeness (QED) is 0.566. The fraction of sp³-hybridized carbons (Fsp3) is 0.909. The molecule has 0 aromatic carbocycles. The molecule has 1 aliphatic heterocycles. The Morgan fingerprint density at radius 2 is 2.17 bits per heavy atom. The molecule has 6 nitrogen and oxygen atoms in total. The fourth-order valence-electron chi connectivity index (χ4n) is 1.67. The highest BCUT2D eigenvalue weighted by Gasteiger charge is 2.32. The van der Waals surface area contributed by atoms with Crippen LogP contribution in [0.25, 0.3) is 0 Å². The van der Waals surface area contributed by atoms with Gasteiger partial charge in [0.25, 0.3) is 0 Å². The van der Waals surface area contributed by atoms with Crippen molar-refractivity contribution < 1.29 is 17.9 Å². The van der Waals surface area contributed by atoms with Gasteiger partial charge in [0.2, 0.25) is 5.91 Å². The Hall–Kier alpha value is -0.660. The van der Waals surface area contributed by atoms with Gasteiger partial charge in [0.15, 0.2) is 9.84 Å². The SMILES string of the molecule is COCCCNC(=O)C(C)S(=O)(=O)CC1CNC1. The van der Waals surface area contributed by atoms with Crippen molar-refractivity contribution in [3.05, 3.63) is 0 Å². The maximum absolute atomic E-state index is 12.0. The second-order valence-electron chi connectivity index (χ2n) is 4.63. The molecule has 0 radical (unpaired) electrons. The molecular weight excluding hydrogens is 256 g/mol. The first-order chi connectivity index (χ1) is 8.47. The molecule has 1 amide bonds. The number of amides is 1. The van der Waals surface area contributed by atoms with Gasteiger partial charge in [0.1, 0.15) is 5.25 Å². The van der Waals surface area contributed by atoms with Gasteiger partial charge < -0.3 is 15.4 Å². The summed E-state index contributed by atoms with van der Waals surface area (Å²) < 4.78 is 28.8. The van der Waals surface area contributed by atoms with Gasteiger partial charge in [0, 0.05) is 33.4 Å². The van der Waals surface area contributed by atoms with Crippen molar-refractivity contribution in [2.75, 3.05) is 39.1 Å². The van der Waals surface area contributed by atoms with Crippen molar-refractivity contribution in [3.63, 3.8) is 0 Å². The van der Waals surface area contributed by atoms with Gasteiger partial charge in [-0.1, -0.05) is 0 Å². The number of rotatable bonds is 8. The highest BCUT2D eigenvalue weighted by atomic mass is 32.2. The second-order valence-corrected chi connectivity index (χ2v) is 7.00. The number of hydrogen-bond donors (Lipinski definition) is 2. The van der Waals surface area contributed by atoms with Crippen molar-refractivity contribution >= 4 is 15.7 Å². The lowest BCUT2D eigenvalue weighted by Gasteiger charge is -2.27. The summed E-state index contributed by atoms with van der Waals surface area (Å²) in [6.07, 6.45) is 0.682. The molecule has 1 aliphatic rings. The summed E-state index contributed by atoms with van der Waals surface area (Å²) in [6.45, 7) is 3.89. The van der Waals surface area contributed by atoms with E-state index < -0.39 is 21.0 Å². The van der Waals surface area contributed by atoms with Crippen molar-refractivity contribution in [1.82, 2.24) is 10.6 Å². The number of carbonyl (C=O) groups is 1. The summed E-state index contributed by atoms with van der Waals surface area (Å²) >= 11 is 0. The lowest BCUT2D eigenvalue weighted by atomic mass is 10.1. The van der Waals surface area contributed by atoms with Crippen molar-refractivity contribution in [2.24, 2.45) is 5.92 Å². The average molecular weight is 278 g/mol. The normalized spacial score (nSPS) is 18.1. The van der Waals surface area contributed by atoms with Crippen molar-refractivity contribution in [1.29, 1.82) is 0 Å². The molecule has 18 heavy (non-hydrogen) atoms. The second kappa shape index (κ2) is 7.06. The molecule has 106 valence electrons. The van der Waals surface area contributed by atoms with E-state index >= 15 is 0 Å². The lowest BCUT2D eigenvalue weighted by Crippen LogP contribution is -2.48. The number of sulfone groups is 1. The minimum atomic E-state index is -3.35. The van der Waals surface area contributed by atoms with Gasteiger partial charge in [-0.15, -0.1) is 0 Å². The molecular formula is C11H22N2O4S. The van der Waals surface area contributed by atoms with Gasteiger partial charge in [0.05, 0.1) is 5.75 Å². The predicted octanol–water partition coefficient (Wildman–Crippen LogP) is -0.838. The molecule has 0 bridgehead atoms. The summed E-state index contributed by atoms with van der Waals surface area (Å²) in [5.41, 5.74) is 0. The van der Waals surface area contributed by atoms with E-state index in [2.05, 4.69) is 10.6 Å². The Kier molecular flexibility index (Phi) is 6.04. The van der Waals surface area contributed by atoms with Gasteiger partial charge >= 0.3 is 0 Å². The molecule has 0 aromatic heterocycles. The van der Waals surface area contributed by atoms with Gasteiger partial charge in [-0.2, -0.15) is 0 Å². The number of hydrogen-bond acceptors (Lipinski definition) is 5. The Morgan fingerprint density at radius 1 is 1.50 bits per heavy atom. The van der Waals surface area contributed by atoms with Crippen LogP contribution in [0, 0.1) is 5.92 Å². The average Bonchev–Trinajstić information content (AvgIpc) is 2.28. The molecule has 7 heteroatoms. The molecule has 1 fully saturated rings. The summed E-state index contributed by atoms with van der Waals surface area (Å²) in [6, 6.07) is 0. The van der Waals surface area contributed by atoms with E-state index in [1.807, 2.05) is 0 Å². The van der Waals surface area contributed by atoms with Crippen LogP contribution in [0.1, 0.15) is 13.3 Å². The monoisotopic (exact) mass is 278 g/mol. The highest BCUT2D eigenvalue weighted by molar-refractivity contribution is 7.92. The first-order valence-electron chi connectivity index (χ1n) is 6.16. The van der Waals surface area contributed by atoms with Crippen LogP contribution in [0.4, 0.5) is 0 Å². The van der Waals surface area contributed by atoms with Crippen molar-refractivity contribution in [3.8, 4) is 0 Å². The van der Waals surface area contributed by atoms with E-state index in [4.69, 9.17) is 4.74 Å². The maximum Gasteiger partial charge on any atom is 0.238 e. The first kappa shape index (κ1) is 15.4. The number of methoxy groups -OCH3 is 1. The third-order valence-corrected chi connectivity index (χ3v) is 5.29. The van der Waals surface area contributed by atoms with E-state index in [1.54, 1.807) is 7.11 Å². The predicted molar refractivity (Wildman–Crippen MR) is 69.1 cm³/mol. The number of ether oxygens (including phenoxy) is 1. The molecule has 1 unspecified atom stereocenters. The standard InChI is InChI=1S/C11H22N2O4S/c1-9(11(14)13-4-3-5-17-2)18(15,16)8-10-6-12-7-10/h9-10,12H,3-8H2,1-2H3,(H,13,14). The number of nitrogens with one attached hydrogen (secondary N) is 2. The van der Waals surface area contributed by atoms with Crippen LogP contribution in [0.15, 0.2) is 0 Å². The van der Waals surface area contributed by atoms with Crippen LogP contribution >= 0.6 is 0 Å². The Bertz CT molecular complexity index is 365. The number of carbonyl (C=O) groups excluding carboxylic acids is 1. The molecule has 1 atom stereocenters. The Labute approximate surface area is 108 Å². The van der Waals surface area contributed by atoms with E-state index in [1.165, 1.54) is 6.92 Å². The zero-order valence-corrected chi connectivity index (χ0v) is 11.8. The van der Waals surface area contributed by atoms with Gasteiger partial charge in [-0.05, 0) is 19.3 Å². The summed E-state index contributed by atoms with van der Waals surface area (Å²) in [4.78, 5) is 11.7. The summed E-state index contributed by atoms with van der Waals surface area (Å²) in [5, 5.41) is 4.67. The molecule has 1 rings (SSSR count). The van der Waals surface area contributed by atoms with E-state index in [0.29, 0.717) is 19.6 Å². The minimum Gasteiger partial charge on any atom is -0.385 e. The highest BCUT2D eigenvalue weighted by Crippen LogP contribution is 2.11. The van der Waals surface area contributed by atoms with Crippen LogP contribution in [0.3, 0.4) is 0 Å². The van der Waals surface area contributed by atoms with E-state index in [9.17, 15) is 13.2 Å². The zero-order chi connectivity index (χ0) is 13.6. The summed E-state index contributed by atoms with van der Waals surface area (Å²) in [5.74, 6) is -0.177. The molecule has 0 aliphatic carbocycles. The fourth-order valence-corrected chi connectivity index (χ4v) is 3.27. The van der Waals surface area contributed by atoms with Crippen LogP contribution in [-0.4, -0.2) is 58.7 Å². The molecule has 0 spiro atoms. The third kappa shape index (κ3) is 4.55. The van der Waals surface area contributed by atoms with Crippen LogP contribution < -0.4 is 10.6 Å². The summed E-state index contributed by atoms with van der Waals surface area (Å²) in [7, 11) is -1.76. The maximum atomic E-state index is 12.0. The smallest absolute Gasteiger partial charge is 0.238 e. The van der Waals surface area contributed by atoms with Crippen LogP contribution in [0.2, 0.25) is 0 Å². The van der Waals surface area contributed by atoms with Gasteiger partial charge in [-0.25, -0.2) is 8.42 Å². The Balaban J connectivity index is 2.36. The van der Waals surface area contributed by atoms with Crippen molar-refractivity contribution in [2.45, 2.75) is 18.6 Å². The zero-order valence-electron chi connectivity index (χ0n) is 10.9. The van der Waals surface area contributed by atoms with E-state index in [-0.39, 0.29) is 11.7 Å². The topological polar surface area (TPSA) is 84.5 Å².